The van der Waals surface area contributed by atoms with Crippen molar-refractivity contribution in [1.82, 2.24) is 10.3 Å². The molecule has 2 rings (SSSR count). The molecule has 2 aromatic rings. The van der Waals surface area contributed by atoms with Crippen molar-refractivity contribution in [3.05, 3.63) is 53.2 Å². The van der Waals surface area contributed by atoms with Gasteiger partial charge in [-0.1, -0.05) is 19.1 Å². The predicted octanol–water partition coefficient (Wildman–Crippen LogP) is 3.78. The van der Waals surface area contributed by atoms with Gasteiger partial charge in [0.1, 0.15) is 5.82 Å². The Bertz CT molecular complexity index is 561. The molecule has 1 heterocycles. The third-order valence-electron chi connectivity index (χ3n) is 3.58. The number of nitrogens with two attached hydrogens (primary N) is 1. The summed E-state index contributed by atoms with van der Waals surface area (Å²) in [5.41, 5.74) is 9.62. The molecule has 0 spiro atoms. The molecule has 0 amide bonds. The van der Waals surface area contributed by atoms with Crippen LogP contribution in [-0.4, -0.2) is 17.8 Å². The monoisotopic (exact) mass is 301 g/mol. The van der Waals surface area contributed by atoms with Crippen LogP contribution in [0.2, 0.25) is 0 Å². The number of nitrogens with zero attached hydrogens (tertiary/aromatic N) is 1. The van der Waals surface area contributed by atoms with E-state index in [9.17, 15) is 0 Å². The molecule has 112 valence electrons. The van der Waals surface area contributed by atoms with E-state index < -0.39 is 0 Å². The highest BCUT2D eigenvalue weighted by molar-refractivity contribution is 7.98. The van der Waals surface area contributed by atoms with Crippen molar-refractivity contribution >= 4 is 17.6 Å². The summed E-state index contributed by atoms with van der Waals surface area (Å²) in [5, 5.41) is 3.59. The van der Waals surface area contributed by atoms with Gasteiger partial charge in [0.2, 0.25) is 0 Å². The lowest BCUT2D eigenvalue weighted by atomic mass is 9.95. The maximum Gasteiger partial charge on any atom is 0.128 e. The molecule has 0 saturated carbocycles. The van der Waals surface area contributed by atoms with Gasteiger partial charge in [0.15, 0.2) is 0 Å². The van der Waals surface area contributed by atoms with Gasteiger partial charge in [-0.3, -0.25) is 0 Å². The molecule has 3 N–H and O–H groups in total. The topological polar surface area (TPSA) is 50.9 Å². The minimum atomic E-state index is 0.0922. The Morgan fingerprint density at radius 3 is 2.52 bits per heavy atom. The first-order valence-electron chi connectivity index (χ1n) is 7.25. The largest absolute Gasteiger partial charge is 0.383 e. The van der Waals surface area contributed by atoms with Gasteiger partial charge >= 0.3 is 0 Å². The van der Waals surface area contributed by atoms with Crippen LogP contribution < -0.4 is 11.1 Å². The summed E-state index contributed by atoms with van der Waals surface area (Å²) in [4.78, 5) is 5.53. The Labute approximate surface area is 131 Å². The van der Waals surface area contributed by atoms with Crippen molar-refractivity contribution in [3.63, 3.8) is 0 Å². The Morgan fingerprint density at radius 2 is 1.95 bits per heavy atom. The highest BCUT2D eigenvalue weighted by Crippen LogP contribution is 2.29. The lowest BCUT2D eigenvalue weighted by molar-refractivity contribution is 0.596. The predicted molar refractivity (Wildman–Crippen MR) is 91.7 cm³/mol. The number of nitrogen functional groups attached to an aromatic ring is 1. The number of thioether (sulfide) groups is 1. The maximum atomic E-state index is 6.13. The smallest absolute Gasteiger partial charge is 0.128 e. The molecule has 21 heavy (non-hydrogen) atoms. The molecule has 1 unspecified atom stereocenters. The van der Waals surface area contributed by atoms with Crippen LogP contribution in [0.4, 0.5) is 5.82 Å². The molecule has 0 aliphatic carbocycles. The molecule has 1 aromatic carbocycles. The van der Waals surface area contributed by atoms with E-state index >= 15 is 0 Å². The average Bonchev–Trinajstić information content (AvgIpc) is 2.50. The number of hydrogen-bond donors (Lipinski definition) is 2. The van der Waals surface area contributed by atoms with Gasteiger partial charge in [-0.2, -0.15) is 0 Å². The summed E-state index contributed by atoms with van der Waals surface area (Å²) >= 11 is 1.75. The molecule has 0 bridgehead atoms. The lowest BCUT2D eigenvalue weighted by Gasteiger charge is -2.22. The van der Waals surface area contributed by atoms with Crippen molar-refractivity contribution in [2.24, 2.45) is 0 Å². The van der Waals surface area contributed by atoms with Crippen LogP contribution in [0.3, 0.4) is 0 Å². The van der Waals surface area contributed by atoms with Crippen molar-refractivity contribution in [3.8, 4) is 0 Å². The van der Waals surface area contributed by atoms with Crippen molar-refractivity contribution in [2.75, 3.05) is 18.5 Å². The van der Waals surface area contributed by atoms with Crippen LogP contribution in [0.25, 0.3) is 0 Å². The highest BCUT2D eigenvalue weighted by atomic mass is 32.2. The number of rotatable bonds is 6. The van der Waals surface area contributed by atoms with Crippen LogP contribution in [0.1, 0.15) is 36.1 Å². The Morgan fingerprint density at radius 1 is 1.24 bits per heavy atom. The summed E-state index contributed by atoms with van der Waals surface area (Å²) in [6, 6.07) is 10.8. The van der Waals surface area contributed by atoms with Crippen LogP contribution in [0, 0.1) is 6.92 Å². The van der Waals surface area contributed by atoms with Crippen molar-refractivity contribution < 1.29 is 0 Å². The van der Waals surface area contributed by atoms with Crippen LogP contribution in [-0.2, 0) is 0 Å². The number of hydrogen-bond acceptors (Lipinski definition) is 4. The fourth-order valence-corrected chi connectivity index (χ4v) is 2.85. The summed E-state index contributed by atoms with van der Waals surface area (Å²) < 4.78 is 0. The molecule has 0 aliphatic heterocycles. The molecule has 1 atom stereocenters. The Balaban J connectivity index is 2.41. The second-order valence-electron chi connectivity index (χ2n) is 5.09. The van der Waals surface area contributed by atoms with Gasteiger partial charge in [0, 0.05) is 16.7 Å². The molecule has 4 heteroatoms. The van der Waals surface area contributed by atoms with Crippen molar-refractivity contribution in [1.29, 1.82) is 0 Å². The Kier molecular flexibility index (Phi) is 5.65. The summed E-state index contributed by atoms with van der Waals surface area (Å²) in [6.45, 7) is 5.20. The number of benzene rings is 1. The molecule has 3 nitrogen and oxygen atoms in total. The van der Waals surface area contributed by atoms with E-state index in [2.05, 4.69) is 54.7 Å². The first kappa shape index (κ1) is 15.9. The second kappa shape index (κ2) is 7.48. The minimum Gasteiger partial charge on any atom is -0.383 e. The van der Waals surface area contributed by atoms with Crippen molar-refractivity contribution in [2.45, 2.75) is 31.2 Å². The first-order valence-corrected chi connectivity index (χ1v) is 8.48. The SMILES string of the molecule is CCCNC(c1ccc(SC)cc1)c1c(C)ccnc1N. The molecule has 0 aliphatic rings. The van der Waals surface area contributed by atoms with Gasteiger partial charge < -0.3 is 11.1 Å². The molecular formula is C17H23N3S. The first-order chi connectivity index (χ1) is 10.2. The zero-order valence-corrected chi connectivity index (χ0v) is 13.7. The quantitative estimate of drug-likeness (QED) is 0.797. The second-order valence-corrected chi connectivity index (χ2v) is 5.97. The van der Waals surface area contributed by atoms with E-state index in [0.29, 0.717) is 5.82 Å². The number of anilines is 1. The third-order valence-corrected chi connectivity index (χ3v) is 4.32. The highest BCUT2D eigenvalue weighted by Gasteiger charge is 2.18. The van der Waals surface area contributed by atoms with Crippen LogP contribution >= 0.6 is 11.8 Å². The van der Waals surface area contributed by atoms with E-state index in [4.69, 9.17) is 5.73 Å². The van der Waals surface area contributed by atoms with Gasteiger partial charge in [0.05, 0.1) is 6.04 Å². The molecule has 0 radical (unpaired) electrons. The van der Waals surface area contributed by atoms with E-state index in [0.717, 1.165) is 18.5 Å². The average molecular weight is 301 g/mol. The summed E-state index contributed by atoms with van der Waals surface area (Å²) in [5.74, 6) is 0.609. The molecule has 0 saturated heterocycles. The fraction of sp³-hybridized carbons (Fsp3) is 0.353. The molecule has 1 aromatic heterocycles. The number of aryl methyl sites for hydroxylation is 1. The van der Waals surface area contributed by atoms with Gasteiger partial charge in [-0.05, 0) is 55.5 Å². The molecular weight excluding hydrogens is 278 g/mol. The Hall–Kier alpha value is -1.52. The van der Waals surface area contributed by atoms with Gasteiger partial charge in [-0.15, -0.1) is 11.8 Å². The van der Waals surface area contributed by atoms with Crippen LogP contribution in [0.15, 0.2) is 41.4 Å². The zero-order valence-electron chi connectivity index (χ0n) is 12.9. The normalized spacial score (nSPS) is 12.3. The maximum absolute atomic E-state index is 6.13. The van der Waals surface area contributed by atoms with Gasteiger partial charge in [0.25, 0.3) is 0 Å². The van der Waals surface area contributed by atoms with Crippen LogP contribution in [0.5, 0.6) is 0 Å². The van der Waals surface area contributed by atoms with E-state index in [-0.39, 0.29) is 6.04 Å². The zero-order chi connectivity index (χ0) is 15.2. The van der Waals surface area contributed by atoms with E-state index in [1.807, 2.05) is 6.07 Å². The van der Waals surface area contributed by atoms with E-state index in [1.54, 1.807) is 18.0 Å². The van der Waals surface area contributed by atoms with Gasteiger partial charge in [-0.25, -0.2) is 4.98 Å². The fourth-order valence-electron chi connectivity index (χ4n) is 2.44. The number of nitrogens with one attached hydrogen (secondary N) is 1. The third kappa shape index (κ3) is 3.77. The molecule has 0 fully saturated rings. The number of aromatic nitrogens is 1. The summed E-state index contributed by atoms with van der Waals surface area (Å²) in [6.07, 6.45) is 4.94. The number of pyridine rings is 1. The standard InChI is InChI=1S/C17H23N3S/c1-4-10-19-16(13-5-7-14(21-3)8-6-13)15-12(2)9-11-20-17(15)18/h5-9,11,16,19H,4,10H2,1-3H3,(H2,18,20). The lowest BCUT2D eigenvalue weighted by Crippen LogP contribution is -2.25. The summed E-state index contributed by atoms with van der Waals surface area (Å²) in [7, 11) is 0. The minimum absolute atomic E-state index is 0.0922. The van der Waals surface area contributed by atoms with E-state index in [1.165, 1.54) is 16.0 Å².